The molecular formula is C19H31BrN2O7. The summed E-state index contributed by atoms with van der Waals surface area (Å²) in [5.74, 6) is 0. The van der Waals surface area contributed by atoms with E-state index in [1.54, 1.807) is 0 Å². The van der Waals surface area contributed by atoms with E-state index in [1.807, 2.05) is 0 Å². The fraction of sp³-hybridized carbons (Fsp3) is 0.789. The fourth-order valence-corrected chi connectivity index (χ4v) is 3.83. The van der Waals surface area contributed by atoms with Gasteiger partial charge in [0, 0.05) is 17.1 Å². The third-order valence-electron chi connectivity index (χ3n) is 4.89. The van der Waals surface area contributed by atoms with E-state index in [0.717, 1.165) is 29.9 Å². The Bertz CT molecular complexity index is 710. The number of nitrogens with one attached hydrogen (secondary N) is 1. The number of rotatable bonds is 13. The first-order valence-corrected chi connectivity index (χ1v) is 11.1. The summed E-state index contributed by atoms with van der Waals surface area (Å²) in [5, 5.41) is 20.3. The quantitative estimate of drug-likeness (QED) is 0.170. The molecule has 10 heteroatoms. The van der Waals surface area contributed by atoms with Gasteiger partial charge in [0.15, 0.2) is 6.23 Å². The van der Waals surface area contributed by atoms with Gasteiger partial charge in [-0.1, -0.05) is 42.1 Å². The van der Waals surface area contributed by atoms with Gasteiger partial charge in [-0.05, 0) is 25.7 Å². The first-order valence-electron chi connectivity index (χ1n) is 10.2. The van der Waals surface area contributed by atoms with Gasteiger partial charge < -0.3 is 14.9 Å². The summed E-state index contributed by atoms with van der Waals surface area (Å²) in [6.45, 7) is 2.52. The molecule has 0 radical (unpaired) electrons. The molecule has 9 nitrogen and oxygen atoms in total. The van der Waals surface area contributed by atoms with Crippen molar-refractivity contribution in [3.8, 4) is 0 Å². The smallest absolute Gasteiger partial charge is 0.330 e. The van der Waals surface area contributed by atoms with Gasteiger partial charge >= 0.3 is 5.69 Å². The van der Waals surface area contributed by atoms with Gasteiger partial charge in [-0.25, -0.2) is 14.6 Å². The second kappa shape index (κ2) is 12.6. The van der Waals surface area contributed by atoms with E-state index in [4.69, 9.17) is 14.5 Å². The zero-order chi connectivity index (χ0) is 21.2. The maximum absolute atomic E-state index is 11.8. The van der Waals surface area contributed by atoms with Gasteiger partial charge in [0.1, 0.15) is 24.9 Å². The molecule has 29 heavy (non-hydrogen) atoms. The number of aliphatic hydroxyl groups excluding tert-OH is 2. The lowest BCUT2D eigenvalue weighted by molar-refractivity contribution is -0.310. The SMILES string of the molecule is CCCCCC(Br)CCCCOOC[C@H]1O[C@@H](n2ccc(=O)[nH]c2=O)[C@H](O)[C@@H]1O. The zero-order valence-electron chi connectivity index (χ0n) is 16.7. The Kier molecular flexibility index (Phi) is 10.5. The van der Waals surface area contributed by atoms with Crippen LogP contribution in [0.25, 0.3) is 0 Å². The molecule has 1 saturated heterocycles. The maximum atomic E-state index is 11.8. The number of aromatic nitrogens is 2. The zero-order valence-corrected chi connectivity index (χ0v) is 18.3. The molecule has 0 aromatic carbocycles. The Hall–Kier alpha value is -1.04. The van der Waals surface area contributed by atoms with E-state index in [0.29, 0.717) is 11.4 Å². The van der Waals surface area contributed by atoms with Crippen LogP contribution in [0.5, 0.6) is 0 Å². The van der Waals surface area contributed by atoms with Gasteiger partial charge in [0.2, 0.25) is 0 Å². The molecule has 0 amide bonds. The number of aliphatic hydroxyl groups is 2. The van der Waals surface area contributed by atoms with Crippen LogP contribution < -0.4 is 11.2 Å². The van der Waals surface area contributed by atoms with Gasteiger partial charge in [-0.3, -0.25) is 14.3 Å². The first-order chi connectivity index (χ1) is 13.9. The number of hydrogen-bond acceptors (Lipinski definition) is 7. The van der Waals surface area contributed by atoms with Crippen LogP contribution in [0.2, 0.25) is 0 Å². The molecule has 1 fully saturated rings. The molecular weight excluding hydrogens is 448 g/mol. The molecule has 0 aliphatic carbocycles. The summed E-state index contributed by atoms with van der Waals surface area (Å²) in [5.41, 5.74) is -1.29. The molecule has 1 unspecified atom stereocenters. The van der Waals surface area contributed by atoms with Crippen LogP contribution in [0.3, 0.4) is 0 Å². The van der Waals surface area contributed by atoms with Crippen molar-refractivity contribution in [2.75, 3.05) is 13.2 Å². The Labute approximate surface area is 178 Å². The third-order valence-corrected chi connectivity index (χ3v) is 5.81. The summed E-state index contributed by atoms with van der Waals surface area (Å²) < 4.78 is 6.55. The molecule has 1 aromatic rings. The molecule has 1 aliphatic heterocycles. The molecule has 0 saturated carbocycles. The second-order valence-electron chi connectivity index (χ2n) is 7.26. The van der Waals surface area contributed by atoms with Crippen LogP contribution in [0.1, 0.15) is 58.1 Å². The molecule has 5 atom stereocenters. The standard InChI is InChI=1S/C19H31BrN2O7/c1-2-3-4-7-13(20)8-5-6-11-27-28-12-14-16(24)17(25)18(29-14)22-10-9-15(23)21-19(22)26/h9-10,13-14,16-18,24-25H,2-8,11-12H2,1H3,(H,21,23,26)/t13?,14-,16-,17-,18-/m1/s1. The van der Waals surface area contributed by atoms with Crippen molar-refractivity contribution in [1.29, 1.82) is 0 Å². The van der Waals surface area contributed by atoms with Crippen LogP contribution in [0.15, 0.2) is 21.9 Å². The summed E-state index contributed by atoms with van der Waals surface area (Å²) in [7, 11) is 0. The van der Waals surface area contributed by atoms with Crippen molar-refractivity contribution in [3.05, 3.63) is 33.1 Å². The summed E-state index contributed by atoms with van der Waals surface area (Å²) >= 11 is 3.70. The Morgan fingerprint density at radius 1 is 1.17 bits per heavy atom. The van der Waals surface area contributed by atoms with Crippen LogP contribution in [-0.4, -0.2) is 56.1 Å². The molecule has 3 N–H and O–H groups in total. The van der Waals surface area contributed by atoms with E-state index in [-0.39, 0.29) is 6.61 Å². The average molecular weight is 479 g/mol. The van der Waals surface area contributed by atoms with Crippen molar-refractivity contribution in [3.63, 3.8) is 0 Å². The number of aromatic amines is 1. The largest absolute Gasteiger partial charge is 0.387 e. The highest BCUT2D eigenvalue weighted by Gasteiger charge is 2.44. The number of unbranched alkanes of at least 4 members (excludes halogenated alkanes) is 3. The van der Waals surface area contributed by atoms with Crippen molar-refractivity contribution in [2.24, 2.45) is 0 Å². The average Bonchev–Trinajstić information content (AvgIpc) is 2.96. The number of alkyl halides is 1. The van der Waals surface area contributed by atoms with E-state index in [1.165, 1.54) is 31.9 Å². The third kappa shape index (κ3) is 7.62. The highest BCUT2D eigenvalue weighted by Crippen LogP contribution is 2.28. The van der Waals surface area contributed by atoms with Crippen LogP contribution in [-0.2, 0) is 14.5 Å². The lowest BCUT2D eigenvalue weighted by Crippen LogP contribution is -2.37. The van der Waals surface area contributed by atoms with Crippen molar-refractivity contribution < 1.29 is 24.7 Å². The molecule has 0 bridgehead atoms. The van der Waals surface area contributed by atoms with Crippen LogP contribution in [0.4, 0.5) is 0 Å². The van der Waals surface area contributed by atoms with E-state index >= 15 is 0 Å². The topological polar surface area (TPSA) is 123 Å². The predicted octanol–water partition coefficient (Wildman–Crippen LogP) is 1.62. The van der Waals surface area contributed by atoms with Crippen molar-refractivity contribution in [2.45, 2.75) is 81.2 Å². The predicted molar refractivity (Wildman–Crippen MR) is 110 cm³/mol. The molecule has 1 aromatic heterocycles. The minimum Gasteiger partial charge on any atom is -0.387 e. The number of nitrogens with zero attached hydrogens (tertiary/aromatic N) is 1. The van der Waals surface area contributed by atoms with Gasteiger partial charge in [0.05, 0.1) is 6.61 Å². The second-order valence-corrected chi connectivity index (χ2v) is 8.55. The molecule has 2 rings (SSSR count). The van der Waals surface area contributed by atoms with E-state index in [2.05, 4.69) is 27.8 Å². The number of ether oxygens (including phenoxy) is 1. The number of halogens is 1. The number of H-pyrrole nitrogens is 1. The Balaban J connectivity index is 1.64. The molecule has 166 valence electrons. The number of hydrogen-bond donors (Lipinski definition) is 3. The van der Waals surface area contributed by atoms with Gasteiger partial charge in [0.25, 0.3) is 5.56 Å². The minimum absolute atomic E-state index is 0.0923. The normalized spacial score (nSPS) is 25.4. The van der Waals surface area contributed by atoms with Gasteiger partial charge in [-0.15, -0.1) is 0 Å². The lowest BCUT2D eigenvalue weighted by atomic mass is 10.1. The molecule has 2 heterocycles. The van der Waals surface area contributed by atoms with Crippen molar-refractivity contribution in [1.82, 2.24) is 9.55 Å². The van der Waals surface area contributed by atoms with E-state index in [9.17, 15) is 19.8 Å². The molecule has 1 aliphatic rings. The van der Waals surface area contributed by atoms with Gasteiger partial charge in [-0.2, -0.15) is 0 Å². The summed E-state index contributed by atoms with van der Waals surface area (Å²) in [6.07, 6.45) is 4.51. The summed E-state index contributed by atoms with van der Waals surface area (Å²) in [4.78, 5) is 35.8. The lowest BCUT2D eigenvalue weighted by Gasteiger charge is -2.16. The van der Waals surface area contributed by atoms with Crippen LogP contribution >= 0.6 is 15.9 Å². The molecule has 0 spiro atoms. The summed E-state index contributed by atoms with van der Waals surface area (Å²) in [6, 6.07) is 1.14. The van der Waals surface area contributed by atoms with E-state index < -0.39 is 35.8 Å². The fourth-order valence-electron chi connectivity index (χ4n) is 3.19. The maximum Gasteiger partial charge on any atom is 0.330 e. The highest BCUT2D eigenvalue weighted by atomic mass is 79.9. The monoisotopic (exact) mass is 478 g/mol. The highest BCUT2D eigenvalue weighted by molar-refractivity contribution is 9.09. The Morgan fingerprint density at radius 3 is 2.59 bits per heavy atom. The first kappa shape index (κ1) is 24.2. The van der Waals surface area contributed by atoms with Crippen LogP contribution in [0, 0.1) is 0 Å². The van der Waals surface area contributed by atoms with Crippen molar-refractivity contribution >= 4 is 15.9 Å². The minimum atomic E-state index is -1.34. The Morgan fingerprint density at radius 2 is 1.90 bits per heavy atom.